The fraction of sp³-hybridized carbons (Fsp3) is 0.370. The number of anilines is 5. The molecule has 0 aliphatic carbocycles. The van der Waals surface area contributed by atoms with Crippen molar-refractivity contribution in [3.05, 3.63) is 185 Å². The lowest BCUT2D eigenvalue weighted by Gasteiger charge is -2.41. The predicted octanol–water partition coefficient (Wildman–Crippen LogP) is 7.12. The summed E-state index contributed by atoms with van der Waals surface area (Å²) in [6, 6.07) is 37.5. The van der Waals surface area contributed by atoms with Crippen LogP contribution in [0.2, 0.25) is 0 Å². The number of Topliss-reactive ketones (excluding diaryl/α,β-unsaturated/α-hetero) is 4. The molecule has 5 aromatic carbocycles. The molecular weight excluding hydrogens is 1250 g/mol. The quantitative estimate of drug-likeness (QED) is 0.119. The van der Waals surface area contributed by atoms with Crippen molar-refractivity contribution < 1.29 is 24.3 Å². The molecule has 5 fully saturated rings. The van der Waals surface area contributed by atoms with E-state index in [0.29, 0.717) is 74.0 Å². The molecule has 0 amide bonds. The Kier molecular flexibility index (Phi) is 20.8. The molecule has 3 atom stereocenters. The molecule has 5 aliphatic rings. The van der Waals surface area contributed by atoms with Crippen LogP contribution in [0, 0.1) is 11.8 Å². The van der Waals surface area contributed by atoms with Crippen molar-refractivity contribution in [2.45, 2.75) is 85.4 Å². The van der Waals surface area contributed by atoms with E-state index in [1.54, 1.807) is 95.6 Å². The summed E-state index contributed by atoms with van der Waals surface area (Å²) in [7, 11) is 8.74. The van der Waals surface area contributed by atoms with E-state index in [0.717, 1.165) is 94.1 Å². The van der Waals surface area contributed by atoms with Crippen LogP contribution in [0.4, 0.5) is 29.1 Å². The Hall–Kier alpha value is -11.0. The highest BCUT2D eigenvalue weighted by Gasteiger charge is 2.38. The number of rotatable bonds is 12. The molecule has 5 saturated heterocycles. The first-order valence-electron chi connectivity index (χ1n) is 32.4. The van der Waals surface area contributed by atoms with Gasteiger partial charge in [-0.05, 0) is 108 Å². The number of carbonyl (C=O) groups is 4. The maximum absolute atomic E-state index is 12.4. The molecule has 0 saturated carbocycles. The minimum absolute atomic E-state index is 0. The van der Waals surface area contributed by atoms with E-state index < -0.39 is 0 Å². The van der Waals surface area contributed by atoms with E-state index in [2.05, 4.69) is 31.5 Å². The number of aryl methyl sites for hydroxylation is 5. The summed E-state index contributed by atoms with van der Waals surface area (Å²) in [4.78, 5) is 139. The smallest absolute Gasteiger partial charge is 0.293 e. The van der Waals surface area contributed by atoms with Gasteiger partial charge in [0, 0.05) is 106 Å². The molecule has 5 aliphatic heterocycles. The van der Waals surface area contributed by atoms with Gasteiger partial charge in [0.25, 0.3) is 27.8 Å². The maximum atomic E-state index is 12.4. The highest BCUT2D eigenvalue weighted by atomic mass is 16.3. The Labute approximate surface area is 565 Å². The zero-order valence-electron chi connectivity index (χ0n) is 56.0. The average Bonchev–Trinajstić information content (AvgIpc) is 0.788. The molecule has 0 radical (unpaired) electrons. The summed E-state index contributed by atoms with van der Waals surface area (Å²) in [5.74, 6) is 3.25. The highest BCUT2D eigenvalue weighted by molar-refractivity contribution is 5.88. The predicted molar refractivity (Wildman–Crippen MR) is 384 cm³/mol. The van der Waals surface area contributed by atoms with E-state index >= 15 is 0 Å². The fourth-order valence-electron chi connectivity index (χ4n) is 12.8. The van der Waals surface area contributed by atoms with E-state index in [9.17, 15) is 48.3 Å². The van der Waals surface area contributed by atoms with Crippen molar-refractivity contribution in [3.63, 3.8) is 0 Å². The third-order valence-corrected chi connectivity index (χ3v) is 18.8. The molecule has 510 valence electrons. The molecule has 25 heteroatoms. The van der Waals surface area contributed by atoms with Crippen molar-refractivity contribution in [1.29, 1.82) is 0 Å². The molecule has 10 heterocycles. The van der Waals surface area contributed by atoms with Crippen LogP contribution in [0.15, 0.2) is 158 Å². The van der Waals surface area contributed by atoms with Gasteiger partial charge in [0.05, 0.1) is 78.9 Å². The molecule has 15 rings (SSSR count). The van der Waals surface area contributed by atoms with E-state index in [1.807, 2.05) is 136 Å². The molecule has 1 unspecified atom stereocenters. The number of aliphatic hydroxyl groups is 1. The molecule has 1 N–H and O–H groups in total. The molecule has 98 heavy (non-hydrogen) atoms. The summed E-state index contributed by atoms with van der Waals surface area (Å²) < 4.78 is 8.05. The monoisotopic (exact) mass is 1330 g/mol. The molecule has 10 aromatic rings. The zero-order chi connectivity index (χ0) is 69.3. The number of hydrogen-bond donors (Lipinski definition) is 1. The Morgan fingerprint density at radius 1 is 0.408 bits per heavy atom. The standard InChI is InChI=1S/2C15H17N3O2.3C14H15N3O2.CH4/c1-10(19)7-11-8-18(9-11)14-15(20)17(2)13-6-4-3-5-12(13)16-14;1-10(19)9-11-7-8-18(11)14-15(20)17(2)13-6-4-3-5-12(13)16-14;1-9(18)10-7-17(8-10)13-14(19)16(2)12-6-4-3-5-11(12)15-13;2*1-9(18)11-7-8-17(11)13-14(19)16(2)12-6-4-3-5-10(12)15-13;/h2*3-6,11H,7-9H2,1-2H3;3-6,10,18H,1,7-8H2,2H3;2*3-6,11H,7-8H2,1-2H3;1H4/t;;;2*11-;/m...10./s1. The Balaban J connectivity index is 0.000000132. The number of hydrogen-bond acceptors (Lipinski definition) is 20. The summed E-state index contributed by atoms with van der Waals surface area (Å²) in [6.45, 7) is 14.7. The molecule has 0 spiro atoms. The summed E-state index contributed by atoms with van der Waals surface area (Å²) in [6.07, 6.45) is 3.61. The normalized spacial score (nSPS) is 17.0. The third kappa shape index (κ3) is 14.0. The summed E-state index contributed by atoms with van der Waals surface area (Å²) in [5.41, 5.74) is 7.46. The maximum Gasteiger partial charge on any atom is 0.293 e. The van der Waals surface area contributed by atoms with Gasteiger partial charge in [0.15, 0.2) is 40.7 Å². The largest absolute Gasteiger partial charge is 0.513 e. The Morgan fingerprint density at radius 3 is 0.949 bits per heavy atom. The topological polar surface area (TPSA) is 279 Å². The summed E-state index contributed by atoms with van der Waals surface area (Å²) in [5, 5.41) is 9.31. The Bertz CT molecular complexity index is 4960. The first-order valence-corrected chi connectivity index (χ1v) is 32.4. The first-order chi connectivity index (χ1) is 46.4. The van der Waals surface area contributed by atoms with Crippen LogP contribution in [-0.4, -0.2) is 140 Å². The number of carbonyl (C=O) groups excluding carboxylic acids is 4. The SMILES string of the molecule is C.C=C(O)C1CN(c2nc3ccccc3n(C)c2=O)C1.CC(=O)CC1CCN1c1nc2ccccc2n(C)c1=O.CC(=O)CC1CN(c2nc3ccccc3n(C)c2=O)C1.CC(=O)[C@@H]1CCN1c1nc2ccccc2n(C)c1=O.CC(=O)[C@H]1CCN1c1nc2ccccc2n(C)c1=O. The van der Waals surface area contributed by atoms with Gasteiger partial charge >= 0.3 is 0 Å². The van der Waals surface area contributed by atoms with Crippen LogP contribution in [0.5, 0.6) is 0 Å². The lowest BCUT2D eigenvalue weighted by molar-refractivity contribution is -0.120. The first kappa shape index (κ1) is 69.8. The van der Waals surface area contributed by atoms with Gasteiger partial charge in [-0.1, -0.05) is 74.7 Å². The van der Waals surface area contributed by atoms with Gasteiger partial charge in [0.2, 0.25) is 0 Å². The minimum atomic E-state index is -0.193. The zero-order valence-corrected chi connectivity index (χ0v) is 56.0. The molecule has 5 aromatic heterocycles. The van der Waals surface area contributed by atoms with Gasteiger partial charge in [-0.15, -0.1) is 0 Å². The van der Waals surface area contributed by atoms with Gasteiger partial charge in [-0.2, -0.15) is 0 Å². The lowest BCUT2D eigenvalue weighted by Crippen LogP contribution is -2.54. The second-order valence-electron chi connectivity index (χ2n) is 25.5. The number of benzene rings is 5. The number of fused-ring (bicyclic) bond motifs is 5. The van der Waals surface area contributed by atoms with Crippen LogP contribution in [0.25, 0.3) is 55.2 Å². The number of nitrogens with zero attached hydrogens (tertiary/aromatic N) is 15. The van der Waals surface area contributed by atoms with Gasteiger partial charge in [-0.3, -0.25) is 38.4 Å². The molecule has 25 nitrogen and oxygen atoms in total. The molecule has 0 bridgehead atoms. The van der Waals surface area contributed by atoms with Crippen LogP contribution < -0.4 is 52.3 Å². The fourth-order valence-corrected chi connectivity index (χ4v) is 12.8. The third-order valence-electron chi connectivity index (χ3n) is 18.8. The average molecular weight is 1330 g/mol. The minimum Gasteiger partial charge on any atom is -0.513 e. The van der Waals surface area contributed by atoms with Crippen molar-refractivity contribution in [2.75, 3.05) is 70.3 Å². The number of aromatic nitrogens is 10. The number of ketones is 4. The van der Waals surface area contributed by atoms with Crippen LogP contribution >= 0.6 is 0 Å². The van der Waals surface area contributed by atoms with Crippen LogP contribution in [-0.2, 0) is 54.4 Å². The second kappa shape index (κ2) is 29.2. The van der Waals surface area contributed by atoms with Crippen LogP contribution in [0.3, 0.4) is 0 Å². The number of aliphatic hydroxyl groups excluding tert-OH is 1. The lowest BCUT2D eigenvalue weighted by atomic mass is 9.94. The molecular formula is C73H83N15O10. The van der Waals surface area contributed by atoms with Crippen molar-refractivity contribution in [3.8, 4) is 0 Å². The van der Waals surface area contributed by atoms with Crippen molar-refractivity contribution >= 4 is 107 Å². The van der Waals surface area contributed by atoms with Crippen molar-refractivity contribution in [1.82, 2.24) is 47.8 Å². The number of para-hydroxylation sites is 10. The van der Waals surface area contributed by atoms with Crippen molar-refractivity contribution in [2.24, 2.45) is 47.1 Å². The van der Waals surface area contributed by atoms with E-state index in [-0.39, 0.29) is 88.2 Å². The Morgan fingerprint density at radius 2 is 0.684 bits per heavy atom. The second-order valence-corrected chi connectivity index (χ2v) is 25.5. The van der Waals surface area contributed by atoms with Gasteiger partial charge in [-0.25, -0.2) is 24.9 Å². The van der Waals surface area contributed by atoms with Gasteiger partial charge < -0.3 is 57.2 Å². The van der Waals surface area contributed by atoms with E-state index in [1.165, 1.54) is 0 Å². The van der Waals surface area contributed by atoms with Gasteiger partial charge in [0.1, 0.15) is 11.6 Å². The van der Waals surface area contributed by atoms with E-state index in [4.69, 9.17) is 0 Å². The summed E-state index contributed by atoms with van der Waals surface area (Å²) >= 11 is 0. The highest BCUT2D eigenvalue weighted by Crippen LogP contribution is 2.30. The van der Waals surface area contributed by atoms with Crippen LogP contribution in [0.1, 0.15) is 67.2 Å².